The second-order valence-electron chi connectivity index (χ2n) is 3.64. The van der Waals surface area contributed by atoms with Crippen LogP contribution in [-0.4, -0.2) is 23.3 Å². The van der Waals surface area contributed by atoms with Crippen molar-refractivity contribution in [3.63, 3.8) is 0 Å². The molecule has 1 atom stereocenters. The average Bonchev–Trinajstić information content (AvgIpc) is 2.53. The highest BCUT2D eigenvalue weighted by Gasteiger charge is 2.36. The van der Waals surface area contributed by atoms with Gasteiger partial charge in [0.2, 0.25) is 0 Å². The van der Waals surface area contributed by atoms with E-state index in [2.05, 4.69) is 4.99 Å². The molecule has 1 heterocycles. The Balaban J connectivity index is 2.53. The monoisotopic (exact) mass is 239 g/mol. The summed E-state index contributed by atoms with van der Waals surface area (Å²) >= 11 is 0. The first-order valence-electron chi connectivity index (χ1n) is 5.14. The second kappa shape index (κ2) is 4.12. The minimum atomic E-state index is -0.950. The predicted molar refractivity (Wildman–Crippen MR) is 58.5 cm³/mol. The standard InChI is InChI=1S/C11H11F2N3O/c1-2-16-9(10(14)15-11(16)17)8-6(12)4-3-5-7(8)13/h3-5,9H,2H2,1H3,(H2,14,15,17). The van der Waals surface area contributed by atoms with Crippen LogP contribution in [0, 0.1) is 11.6 Å². The highest BCUT2D eigenvalue weighted by atomic mass is 19.1. The lowest BCUT2D eigenvalue weighted by Crippen LogP contribution is -2.34. The van der Waals surface area contributed by atoms with Gasteiger partial charge in [-0.05, 0) is 19.1 Å². The maximum Gasteiger partial charge on any atom is 0.346 e. The van der Waals surface area contributed by atoms with E-state index in [1.807, 2.05) is 0 Å². The molecule has 0 saturated heterocycles. The van der Waals surface area contributed by atoms with Crippen LogP contribution in [0.4, 0.5) is 13.6 Å². The molecule has 1 aromatic carbocycles. The van der Waals surface area contributed by atoms with Crippen molar-refractivity contribution in [2.75, 3.05) is 6.54 Å². The largest absolute Gasteiger partial charge is 0.385 e. The topological polar surface area (TPSA) is 58.7 Å². The van der Waals surface area contributed by atoms with Gasteiger partial charge < -0.3 is 10.6 Å². The third-order valence-corrected chi connectivity index (χ3v) is 2.68. The zero-order valence-corrected chi connectivity index (χ0v) is 9.15. The Morgan fingerprint density at radius 1 is 1.41 bits per heavy atom. The molecule has 0 bridgehead atoms. The average molecular weight is 239 g/mol. The summed E-state index contributed by atoms with van der Waals surface area (Å²) in [7, 11) is 0. The van der Waals surface area contributed by atoms with Crippen molar-refractivity contribution < 1.29 is 13.6 Å². The van der Waals surface area contributed by atoms with E-state index in [1.54, 1.807) is 6.92 Å². The second-order valence-corrected chi connectivity index (χ2v) is 3.64. The van der Waals surface area contributed by atoms with Crippen LogP contribution in [-0.2, 0) is 0 Å². The van der Waals surface area contributed by atoms with Crippen molar-refractivity contribution in [3.05, 3.63) is 35.4 Å². The van der Waals surface area contributed by atoms with Crippen LogP contribution in [0.5, 0.6) is 0 Å². The van der Waals surface area contributed by atoms with Gasteiger partial charge in [-0.3, -0.25) is 0 Å². The zero-order valence-electron chi connectivity index (χ0n) is 9.15. The molecule has 0 radical (unpaired) electrons. The van der Waals surface area contributed by atoms with E-state index in [9.17, 15) is 13.6 Å². The van der Waals surface area contributed by atoms with E-state index in [0.717, 1.165) is 12.1 Å². The maximum absolute atomic E-state index is 13.6. The number of halogens is 2. The molecule has 2 rings (SSSR count). The number of nitrogens with two attached hydrogens (primary N) is 1. The first-order chi connectivity index (χ1) is 8.06. The van der Waals surface area contributed by atoms with Gasteiger partial charge >= 0.3 is 6.03 Å². The first-order valence-corrected chi connectivity index (χ1v) is 5.14. The number of urea groups is 1. The van der Waals surface area contributed by atoms with Crippen molar-refractivity contribution in [3.8, 4) is 0 Å². The maximum atomic E-state index is 13.6. The number of carbonyl (C=O) groups excluding carboxylic acids is 1. The van der Waals surface area contributed by atoms with E-state index >= 15 is 0 Å². The van der Waals surface area contributed by atoms with E-state index in [1.165, 1.54) is 11.0 Å². The molecule has 2 N–H and O–H groups in total. The molecule has 1 aliphatic rings. The number of amidine groups is 1. The molecule has 6 heteroatoms. The van der Waals surface area contributed by atoms with Crippen LogP contribution in [0.15, 0.2) is 23.2 Å². The summed E-state index contributed by atoms with van der Waals surface area (Å²) in [6, 6.07) is 1.99. The third kappa shape index (κ3) is 1.75. The summed E-state index contributed by atoms with van der Waals surface area (Å²) in [5, 5.41) is 0. The fraction of sp³-hybridized carbons (Fsp3) is 0.273. The Kier molecular flexibility index (Phi) is 2.79. The normalized spacial score (nSPS) is 19.7. The molecule has 90 valence electrons. The molecule has 0 aliphatic carbocycles. The lowest BCUT2D eigenvalue weighted by Gasteiger charge is -2.23. The number of aliphatic imine (C=N–C) groups is 1. The molecular formula is C11H11F2N3O. The highest BCUT2D eigenvalue weighted by Crippen LogP contribution is 2.30. The Morgan fingerprint density at radius 3 is 2.53 bits per heavy atom. The lowest BCUT2D eigenvalue weighted by molar-refractivity contribution is 0.208. The van der Waals surface area contributed by atoms with Gasteiger partial charge in [0.1, 0.15) is 23.5 Å². The molecule has 0 spiro atoms. The number of carbonyl (C=O) groups is 1. The van der Waals surface area contributed by atoms with E-state index in [4.69, 9.17) is 5.73 Å². The van der Waals surface area contributed by atoms with Crippen LogP contribution >= 0.6 is 0 Å². The van der Waals surface area contributed by atoms with Crippen LogP contribution in [0.3, 0.4) is 0 Å². The number of benzene rings is 1. The number of amides is 2. The Bertz CT molecular complexity index is 481. The van der Waals surface area contributed by atoms with Gasteiger partial charge in [0.05, 0.1) is 5.56 Å². The molecule has 1 aliphatic heterocycles. The number of hydrogen-bond donors (Lipinski definition) is 1. The van der Waals surface area contributed by atoms with E-state index < -0.39 is 23.7 Å². The molecule has 1 aromatic rings. The minimum absolute atomic E-state index is 0.0825. The van der Waals surface area contributed by atoms with Crippen molar-refractivity contribution in [2.24, 2.45) is 10.7 Å². The van der Waals surface area contributed by atoms with Gasteiger partial charge in [-0.25, -0.2) is 13.6 Å². The van der Waals surface area contributed by atoms with Crippen LogP contribution in [0.2, 0.25) is 0 Å². The number of likely N-dealkylation sites (N-methyl/N-ethyl adjacent to an activating group) is 1. The molecule has 17 heavy (non-hydrogen) atoms. The summed E-state index contributed by atoms with van der Waals surface area (Å²) in [4.78, 5) is 16.2. The molecule has 1 unspecified atom stereocenters. The molecular weight excluding hydrogens is 228 g/mol. The Morgan fingerprint density at radius 2 is 2.00 bits per heavy atom. The van der Waals surface area contributed by atoms with Crippen LogP contribution in [0.25, 0.3) is 0 Å². The number of hydrogen-bond acceptors (Lipinski definition) is 2. The smallest absolute Gasteiger partial charge is 0.346 e. The molecule has 0 saturated carbocycles. The van der Waals surface area contributed by atoms with Crippen molar-refractivity contribution in [2.45, 2.75) is 13.0 Å². The Labute approximate surface area is 96.7 Å². The summed E-state index contributed by atoms with van der Waals surface area (Å²) in [5.74, 6) is -1.55. The summed E-state index contributed by atoms with van der Waals surface area (Å²) in [5.41, 5.74) is 5.32. The van der Waals surface area contributed by atoms with Crippen molar-refractivity contribution in [1.82, 2.24) is 4.90 Å². The summed E-state index contributed by atoms with van der Waals surface area (Å²) in [6.07, 6.45) is 0. The molecule has 4 nitrogen and oxygen atoms in total. The zero-order chi connectivity index (χ0) is 12.6. The summed E-state index contributed by atoms with van der Waals surface area (Å²) in [6.45, 7) is 1.97. The fourth-order valence-electron chi connectivity index (χ4n) is 1.90. The van der Waals surface area contributed by atoms with Gasteiger partial charge in [0.15, 0.2) is 0 Å². The molecule has 0 aromatic heterocycles. The van der Waals surface area contributed by atoms with Crippen LogP contribution in [0.1, 0.15) is 18.5 Å². The van der Waals surface area contributed by atoms with Gasteiger partial charge in [-0.2, -0.15) is 4.99 Å². The number of nitrogens with zero attached hydrogens (tertiary/aromatic N) is 2. The predicted octanol–water partition coefficient (Wildman–Crippen LogP) is 1.82. The quantitative estimate of drug-likeness (QED) is 0.855. The SMILES string of the molecule is CCN1C(=O)N=C(N)C1c1c(F)cccc1F. The van der Waals surface area contributed by atoms with Gasteiger partial charge in [-0.15, -0.1) is 0 Å². The Hall–Kier alpha value is -1.98. The third-order valence-electron chi connectivity index (χ3n) is 2.68. The van der Waals surface area contributed by atoms with E-state index in [-0.39, 0.29) is 17.9 Å². The van der Waals surface area contributed by atoms with Crippen molar-refractivity contribution >= 4 is 11.9 Å². The minimum Gasteiger partial charge on any atom is -0.385 e. The lowest BCUT2D eigenvalue weighted by atomic mass is 10.0. The van der Waals surface area contributed by atoms with E-state index in [0.29, 0.717) is 0 Å². The fourth-order valence-corrected chi connectivity index (χ4v) is 1.90. The molecule has 0 fully saturated rings. The molecule has 2 amide bonds. The van der Waals surface area contributed by atoms with Gasteiger partial charge in [-0.1, -0.05) is 6.07 Å². The first kappa shape index (κ1) is 11.5. The highest BCUT2D eigenvalue weighted by molar-refractivity contribution is 6.03. The van der Waals surface area contributed by atoms with Crippen molar-refractivity contribution in [1.29, 1.82) is 0 Å². The van der Waals surface area contributed by atoms with Crippen LogP contribution < -0.4 is 5.73 Å². The number of rotatable bonds is 2. The summed E-state index contributed by atoms with van der Waals surface area (Å²) < 4.78 is 27.2. The van der Waals surface area contributed by atoms with Gasteiger partial charge in [0.25, 0.3) is 0 Å². The van der Waals surface area contributed by atoms with Gasteiger partial charge in [0, 0.05) is 6.54 Å².